The van der Waals surface area contributed by atoms with Gasteiger partial charge in [0.25, 0.3) is 5.56 Å². The summed E-state index contributed by atoms with van der Waals surface area (Å²) in [6, 6.07) is 6.20. The normalized spacial score (nSPS) is 16.1. The number of hydrogen-bond acceptors (Lipinski definition) is 5. The molecule has 3 aromatic rings. The Balaban J connectivity index is 1.98. The zero-order valence-electron chi connectivity index (χ0n) is 16.5. The first-order chi connectivity index (χ1) is 13.8. The van der Waals surface area contributed by atoms with E-state index in [1.54, 1.807) is 34.8 Å². The summed E-state index contributed by atoms with van der Waals surface area (Å²) in [6.45, 7) is 7.63. The number of aromatic nitrogens is 4. The molecule has 0 N–H and O–H groups in total. The number of anilines is 1. The molecule has 0 fully saturated rings. The maximum Gasteiger partial charge on any atom is 0.332 e. The van der Waals surface area contributed by atoms with Crippen LogP contribution in [0.15, 0.2) is 51.6 Å². The van der Waals surface area contributed by atoms with Gasteiger partial charge in [0.15, 0.2) is 11.2 Å². The quantitative estimate of drug-likeness (QED) is 0.634. The standard InChI is InChI=1S/C20H21FN6O2/c1-5-10-25-18(28)16-17(24(4)20(25)29)22-19-26(23-12(2)13(3)27(16)19)11-14-8-6-7-9-15(14)21/h5-9,13H,1,10-11H2,2-4H3/t13-/m1/s1. The van der Waals surface area contributed by atoms with Gasteiger partial charge < -0.3 is 0 Å². The number of benzene rings is 1. The molecule has 0 radical (unpaired) electrons. The Morgan fingerprint density at radius 2 is 2.00 bits per heavy atom. The van der Waals surface area contributed by atoms with Gasteiger partial charge in [0, 0.05) is 19.2 Å². The molecule has 1 aliphatic heterocycles. The van der Waals surface area contributed by atoms with Crippen LogP contribution in [0.1, 0.15) is 25.5 Å². The lowest BCUT2D eigenvalue weighted by molar-refractivity contribution is 0.591. The van der Waals surface area contributed by atoms with Gasteiger partial charge in [0.1, 0.15) is 5.82 Å². The van der Waals surface area contributed by atoms with Crippen LogP contribution in [0.2, 0.25) is 0 Å². The van der Waals surface area contributed by atoms with Crippen LogP contribution in [0, 0.1) is 5.82 Å². The van der Waals surface area contributed by atoms with Crippen molar-refractivity contribution >= 4 is 22.8 Å². The molecule has 1 aromatic carbocycles. The Morgan fingerprint density at radius 3 is 2.69 bits per heavy atom. The molecule has 2 aromatic heterocycles. The SMILES string of the molecule is C=CCn1c(=O)c2c(nc3n2[C@H](C)C(C)=NN3Cc2ccccc2F)n(C)c1=O. The summed E-state index contributed by atoms with van der Waals surface area (Å²) < 4.78 is 18.4. The number of imidazole rings is 1. The van der Waals surface area contributed by atoms with Crippen molar-refractivity contribution in [3.05, 3.63) is 69.1 Å². The molecule has 1 aliphatic rings. The zero-order valence-corrected chi connectivity index (χ0v) is 16.5. The molecule has 150 valence electrons. The van der Waals surface area contributed by atoms with Gasteiger partial charge in [-0.2, -0.15) is 10.1 Å². The molecule has 4 rings (SSSR count). The van der Waals surface area contributed by atoms with Gasteiger partial charge in [0.2, 0.25) is 5.95 Å². The summed E-state index contributed by atoms with van der Waals surface area (Å²) in [4.78, 5) is 30.3. The van der Waals surface area contributed by atoms with Gasteiger partial charge in [-0.15, -0.1) is 6.58 Å². The summed E-state index contributed by atoms with van der Waals surface area (Å²) in [5.41, 5.74) is 0.875. The molecule has 0 saturated carbocycles. The number of nitrogens with zero attached hydrogens (tertiary/aromatic N) is 6. The minimum absolute atomic E-state index is 0.0996. The molecule has 3 heterocycles. The summed E-state index contributed by atoms with van der Waals surface area (Å²) in [5.74, 6) is 0.0483. The Bertz CT molecular complexity index is 1280. The number of allylic oxidation sites excluding steroid dienone is 1. The third-order valence-corrected chi connectivity index (χ3v) is 5.25. The molecular formula is C20H21FN6O2. The summed E-state index contributed by atoms with van der Waals surface area (Å²) in [5, 5.41) is 6.13. The van der Waals surface area contributed by atoms with E-state index in [-0.39, 0.29) is 30.6 Å². The smallest absolute Gasteiger partial charge is 0.294 e. The third-order valence-electron chi connectivity index (χ3n) is 5.25. The molecule has 0 unspecified atom stereocenters. The highest BCUT2D eigenvalue weighted by Gasteiger charge is 2.30. The van der Waals surface area contributed by atoms with Crippen molar-refractivity contribution in [1.29, 1.82) is 0 Å². The van der Waals surface area contributed by atoms with E-state index < -0.39 is 11.2 Å². The third kappa shape index (κ3) is 2.81. The van der Waals surface area contributed by atoms with Crippen molar-refractivity contribution in [2.75, 3.05) is 5.01 Å². The lowest BCUT2D eigenvalue weighted by Crippen LogP contribution is -2.40. The number of hydrogen-bond donors (Lipinski definition) is 0. The second kappa shape index (κ2) is 6.84. The molecule has 9 heteroatoms. The van der Waals surface area contributed by atoms with Crippen molar-refractivity contribution in [1.82, 2.24) is 18.7 Å². The van der Waals surface area contributed by atoms with Gasteiger partial charge in [0.05, 0.1) is 18.3 Å². The van der Waals surface area contributed by atoms with Crippen LogP contribution in [0.4, 0.5) is 10.3 Å². The van der Waals surface area contributed by atoms with Gasteiger partial charge in [-0.25, -0.2) is 14.2 Å². The van der Waals surface area contributed by atoms with Crippen molar-refractivity contribution in [3.63, 3.8) is 0 Å². The van der Waals surface area contributed by atoms with Crippen LogP contribution in [0.25, 0.3) is 11.2 Å². The highest BCUT2D eigenvalue weighted by Crippen LogP contribution is 2.31. The predicted molar refractivity (Wildman–Crippen MR) is 110 cm³/mol. The molecule has 8 nitrogen and oxygen atoms in total. The van der Waals surface area contributed by atoms with Crippen LogP contribution >= 0.6 is 0 Å². The lowest BCUT2D eigenvalue weighted by atomic mass is 10.2. The van der Waals surface area contributed by atoms with Gasteiger partial charge in [-0.05, 0) is 19.9 Å². The van der Waals surface area contributed by atoms with E-state index in [2.05, 4.69) is 16.7 Å². The average molecular weight is 396 g/mol. The Hall–Kier alpha value is -3.49. The maximum atomic E-state index is 14.2. The first-order valence-corrected chi connectivity index (χ1v) is 9.23. The van der Waals surface area contributed by atoms with Crippen molar-refractivity contribution < 1.29 is 4.39 Å². The van der Waals surface area contributed by atoms with Crippen LogP contribution < -0.4 is 16.3 Å². The summed E-state index contributed by atoms with van der Waals surface area (Å²) in [7, 11) is 1.57. The molecular weight excluding hydrogens is 375 g/mol. The van der Waals surface area contributed by atoms with Gasteiger partial charge in [-0.3, -0.25) is 18.5 Å². The first-order valence-electron chi connectivity index (χ1n) is 9.23. The van der Waals surface area contributed by atoms with Crippen LogP contribution in [-0.2, 0) is 20.1 Å². The van der Waals surface area contributed by atoms with Crippen molar-refractivity contribution in [3.8, 4) is 0 Å². The monoisotopic (exact) mass is 396 g/mol. The second-order valence-corrected chi connectivity index (χ2v) is 7.07. The Morgan fingerprint density at radius 1 is 1.28 bits per heavy atom. The maximum absolute atomic E-state index is 14.2. The highest BCUT2D eigenvalue weighted by molar-refractivity contribution is 5.91. The topological polar surface area (TPSA) is 77.4 Å². The number of fused-ring (bicyclic) bond motifs is 3. The van der Waals surface area contributed by atoms with E-state index >= 15 is 0 Å². The van der Waals surface area contributed by atoms with Gasteiger partial charge >= 0.3 is 5.69 Å². The minimum atomic E-state index is -0.469. The first kappa shape index (κ1) is 18.9. The largest absolute Gasteiger partial charge is 0.332 e. The van der Waals surface area contributed by atoms with Crippen LogP contribution in [-0.4, -0.2) is 24.4 Å². The number of aryl methyl sites for hydroxylation is 1. The molecule has 0 saturated heterocycles. The van der Waals surface area contributed by atoms with Crippen molar-refractivity contribution in [2.45, 2.75) is 33.0 Å². The number of rotatable bonds is 4. The molecule has 0 bridgehead atoms. The fourth-order valence-corrected chi connectivity index (χ4v) is 3.57. The average Bonchev–Trinajstić information content (AvgIpc) is 3.10. The summed E-state index contributed by atoms with van der Waals surface area (Å²) in [6.07, 6.45) is 1.50. The zero-order chi connectivity index (χ0) is 20.9. The van der Waals surface area contributed by atoms with E-state index in [4.69, 9.17) is 0 Å². The second-order valence-electron chi connectivity index (χ2n) is 7.07. The number of halogens is 1. The fraction of sp³-hybridized carbons (Fsp3) is 0.300. The predicted octanol–water partition coefficient (Wildman–Crippen LogP) is 2.18. The molecule has 29 heavy (non-hydrogen) atoms. The Kier molecular flexibility index (Phi) is 4.45. The van der Waals surface area contributed by atoms with E-state index in [1.165, 1.54) is 16.7 Å². The van der Waals surface area contributed by atoms with E-state index in [0.717, 1.165) is 10.3 Å². The lowest BCUT2D eigenvalue weighted by Gasteiger charge is -2.29. The van der Waals surface area contributed by atoms with Gasteiger partial charge in [-0.1, -0.05) is 24.3 Å². The molecule has 1 atom stereocenters. The summed E-state index contributed by atoms with van der Waals surface area (Å²) >= 11 is 0. The minimum Gasteiger partial charge on any atom is -0.294 e. The van der Waals surface area contributed by atoms with E-state index in [0.29, 0.717) is 17.0 Å². The molecule has 0 spiro atoms. The highest BCUT2D eigenvalue weighted by atomic mass is 19.1. The van der Waals surface area contributed by atoms with E-state index in [9.17, 15) is 14.0 Å². The Labute approximate surface area is 165 Å². The molecule has 0 aliphatic carbocycles. The number of hydrazone groups is 1. The van der Waals surface area contributed by atoms with E-state index in [1.807, 2.05) is 13.8 Å². The van der Waals surface area contributed by atoms with Crippen LogP contribution in [0.3, 0.4) is 0 Å². The molecule has 0 amide bonds. The van der Waals surface area contributed by atoms with Crippen molar-refractivity contribution in [2.24, 2.45) is 12.1 Å². The van der Waals surface area contributed by atoms with Crippen LogP contribution in [0.5, 0.6) is 0 Å². The fourth-order valence-electron chi connectivity index (χ4n) is 3.57.